The number of aliphatic carboxylic acids is 2. The van der Waals surface area contributed by atoms with E-state index >= 15 is 0 Å². The molecule has 0 aliphatic carbocycles. The molecule has 0 fully saturated rings. The maximum atomic E-state index is 14.6. The molecule has 0 saturated heterocycles. The van der Waals surface area contributed by atoms with E-state index in [1.165, 1.54) is 36.8 Å². The number of carboxylic acid groups (broad SMARTS) is 2. The van der Waals surface area contributed by atoms with Gasteiger partial charge in [0.05, 0.1) is 38.4 Å². The fraction of sp³-hybridized carbons (Fsp3) is 0.612. The number of aromatic amines is 1. The first-order chi connectivity index (χ1) is 50.8. The second-order valence-electron chi connectivity index (χ2n) is 26.7. The number of H-pyrrole nitrogens is 1. The highest BCUT2D eigenvalue weighted by atomic mass is 16.4. The third kappa shape index (κ3) is 35.0. The Morgan fingerprint density at radius 1 is 0.481 bits per heavy atom. The standard InChI is InChI=1S/C67H108N20O21/c1-7-35(6)55(67(107)108)87-64(104)47(28-51(73)92)83-58(98)40(12-8-10-22-68)78-62(102)46(27-50(72)91)84-60(100)43(24-33(2)3)77-52(93)30-75-57(97)42(19-20-49(71)90)79-61(101)45(26-37-29-74-32-76-37)82-59(99)41(13-9-11-23-69)80-66(106)54(34(4)5)86-63(103)44(25-36-14-16-38(89)17-15-36)81-65(105)48(31-88)85-56(96)39(70)18-21-53(94)95/h14-17,29,32-35,39-48,54-55,88-89H,7-13,18-28,30-31,68-70H2,1-6H3,(H2,71,90)(H2,72,91)(H2,73,92)(H,74,76)(H,75,97)(H,77,93)(H,78,102)(H,79,101)(H,80,106)(H,81,105)(H,82,99)(H,83,98)(H,84,100)(H,85,96)(H,86,103)(H,87,104)(H,94,95)(H,107,108)/t35-,39-,40-,41-,42-,43-,44-,45-,46-,47-,48-,54-,55-/m0/s1. The van der Waals surface area contributed by atoms with Gasteiger partial charge in [0.1, 0.15) is 72.2 Å². The Labute approximate surface area is 623 Å². The molecule has 13 atom stereocenters. The molecule has 108 heavy (non-hydrogen) atoms. The number of aliphatic hydroxyl groups excluding tert-OH is 1. The van der Waals surface area contributed by atoms with Gasteiger partial charge in [0, 0.05) is 37.6 Å². The van der Waals surface area contributed by atoms with Crippen LogP contribution in [0.3, 0.4) is 0 Å². The van der Waals surface area contributed by atoms with Crippen molar-refractivity contribution in [1.82, 2.24) is 73.8 Å². The Bertz CT molecular complexity index is 3380. The minimum atomic E-state index is -1.84. The van der Waals surface area contributed by atoms with Gasteiger partial charge in [-0.25, -0.2) is 9.78 Å². The first-order valence-electron chi connectivity index (χ1n) is 35.3. The SMILES string of the molecule is CC[C@H](C)[C@H](NC(=O)[C@H](CC(N)=O)NC(=O)[C@H](CCCCN)NC(=O)[C@H](CC(N)=O)NC(=O)[C@H](CC(C)C)NC(=O)CNC(=O)[C@H](CCC(N)=O)NC(=O)[C@H](Cc1cnc[nH]1)NC(=O)[C@H](CCCCN)NC(=O)[C@@H](NC(=O)[C@H](Cc1ccc(O)cc1)NC(=O)[C@H](CO)NC(=O)[C@@H](N)CCC(=O)O)C(C)C)C(=O)O. The van der Waals surface area contributed by atoms with Crippen molar-refractivity contribution in [2.24, 2.45) is 52.2 Å². The highest BCUT2D eigenvalue weighted by Gasteiger charge is 2.38. The fourth-order valence-corrected chi connectivity index (χ4v) is 10.5. The molecule has 0 aliphatic heterocycles. The molecule has 1 heterocycles. The number of aromatic nitrogens is 2. The number of nitrogens with zero attached hydrogens (tertiary/aromatic N) is 1. The van der Waals surface area contributed by atoms with Crippen molar-refractivity contribution in [3.8, 4) is 5.75 Å². The number of unbranched alkanes of at least 4 members (excludes halogenated alkanes) is 2. The molecule has 0 radical (unpaired) electrons. The molecule has 0 bridgehead atoms. The Morgan fingerprint density at radius 3 is 1.39 bits per heavy atom. The first-order valence-corrected chi connectivity index (χ1v) is 35.3. The number of aliphatic hydroxyl groups is 1. The maximum absolute atomic E-state index is 14.6. The Balaban J connectivity index is 2.46. The smallest absolute Gasteiger partial charge is 0.326 e. The number of rotatable bonds is 53. The van der Waals surface area contributed by atoms with Gasteiger partial charge in [0.2, 0.25) is 88.6 Å². The van der Waals surface area contributed by atoms with E-state index in [4.69, 9.17) is 39.5 Å². The molecule has 0 unspecified atom stereocenters. The molecular weight excluding hydrogens is 1420 g/mol. The number of hydrogen-bond acceptors (Lipinski definition) is 23. The van der Waals surface area contributed by atoms with E-state index in [1.807, 2.05) is 0 Å². The molecule has 41 heteroatoms. The molecule has 41 nitrogen and oxygen atoms in total. The van der Waals surface area contributed by atoms with Crippen molar-refractivity contribution in [2.45, 2.75) is 217 Å². The Kier molecular flexibility index (Phi) is 41.7. The number of nitrogens with two attached hydrogens (primary N) is 6. The summed E-state index contributed by atoms with van der Waals surface area (Å²) >= 11 is 0. The Morgan fingerprint density at radius 2 is 0.926 bits per heavy atom. The van der Waals surface area contributed by atoms with E-state index in [1.54, 1.807) is 41.5 Å². The quantitative estimate of drug-likeness (QED) is 0.0274. The molecule has 15 amide bonds. The number of carbonyl (C=O) groups is 17. The predicted molar refractivity (Wildman–Crippen MR) is 384 cm³/mol. The highest BCUT2D eigenvalue weighted by molar-refractivity contribution is 6.01. The fourth-order valence-electron chi connectivity index (χ4n) is 10.5. The number of aromatic hydroxyl groups is 1. The lowest BCUT2D eigenvalue weighted by molar-refractivity contribution is -0.144. The number of carboxylic acids is 2. The number of imidazole rings is 1. The summed E-state index contributed by atoms with van der Waals surface area (Å²) < 4.78 is 0. The van der Waals surface area contributed by atoms with Crippen molar-refractivity contribution in [1.29, 1.82) is 0 Å². The number of nitrogens with one attached hydrogen (secondary N) is 13. The molecule has 29 N–H and O–H groups in total. The summed E-state index contributed by atoms with van der Waals surface area (Å²) in [6.07, 6.45) is -0.658. The number of phenols is 1. The lowest BCUT2D eigenvalue weighted by Gasteiger charge is -2.29. The van der Waals surface area contributed by atoms with Crippen LogP contribution in [0.25, 0.3) is 0 Å². The summed E-state index contributed by atoms with van der Waals surface area (Å²) in [5, 5.41) is 67.9. The summed E-state index contributed by atoms with van der Waals surface area (Å²) in [5.41, 5.74) is 34.3. The van der Waals surface area contributed by atoms with E-state index in [0.717, 1.165) is 0 Å². The number of benzene rings is 1. The van der Waals surface area contributed by atoms with E-state index in [9.17, 15) is 96.8 Å². The summed E-state index contributed by atoms with van der Waals surface area (Å²) in [5.74, 6) is -20.2. The predicted octanol–water partition coefficient (Wildman–Crippen LogP) is -7.36. The van der Waals surface area contributed by atoms with Crippen molar-refractivity contribution in [2.75, 3.05) is 26.2 Å². The maximum Gasteiger partial charge on any atom is 0.326 e. The number of carbonyl (C=O) groups excluding carboxylic acids is 15. The minimum absolute atomic E-state index is 0.115. The average molecular weight is 1530 g/mol. The van der Waals surface area contributed by atoms with E-state index in [2.05, 4.69) is 73.8 Å². The van der Waals surface area contributed by atoms with Gasteiger partial charge < -0.3 is 124 Å². The topological polar surface area (TPSA) is 700 Å². The van der Waals surface area contributed by atoms with Crippen LogP contribution in [0.15, 0.2) is 36.8 Å². The van der Waals surface area contributed by atoms with Gasteiger partial charge in [0.25, 0.3) is 0 Å². The van der Waals surface area contributed by atoms with Crippen LogP contribution in [0.1, 0.15) is 143 Å². The molecule has 0 saturated carbocycles. The summed E-state index contributed by atoms with van der Waals surface area (Å²) in [6.45, 7) is 7.98. The van der Waals surface area contributed by atoms with Crippen LogP contribution in [-0.4, -0.2) is 230 Å². The zero-order valence-corrected chi connectivity index (χ0v) is 61.4. The molecule has 602 valence electrons. The zero-order chi connectivity index (χ0) is 81.5. The number of primary amides is 3. The highest BCUT2D eigenvalue weighted by Crippen LogP contribution is 2.16. The van der Waals surface area contributed by atoms with Crippen LogP contribution in [0.5, 0.6) is 5.75 Å². The van der Waals surface area contributed by atoms with Crippen LogP contribution in [0, 0.1) is 17.8 Å². The second-order valence-corrected chi connectivity index (χ2v) is 26.7. The van der Waals surface area contributed by atoms with Gasteiger partial charge in [-0.05, 0) is 106 Å². The van der Waals surface area contributed by atoms with Crippen LogP contribution < -0.4 is 98.2 Å². The van der Waals surface area contributed by atoms with Gasteiger partial charge in [-0.15, -0.1) is 0 Å². The average Bonchev–Trinajstić information content (AvgIpc) is 0.951. The third-order valence-corrected chi connectivity index (χ3v) is 16.8. The lowest BCUT2D eigenvalue weighted by atomic mass is 9.98. The van der Waals surface area contributed by atoms with Crippen molar-refractivity contribution in [3.05, 3.63) is 48.0 Å². The second kappa shape index (κ2) is 48.3. The van der Waals surface area contributed by atoms with Crippen molar-refractivity contribution in [3.63, 3.8) is 0 Å². The minimum Gasteiger partial charge on any atom is -0.508 e. The van der Waals surface area contributed by atoms with Gasteiger partial charge in [-0.3, -0.25) is 76.7 Å². The Hall–Kier alpha value is -10.9. The normalized spacial score (nSPS) is 14.7. The van der Waals surface area contributed by atoms with Crippen LogP contribution in [-0.2, 0) is 94.3 Å². The molecule has 2 aromatic rings. The van der Waals surface area contributed by atoms with E-state index in [-0.39, 0.29) is 81.8 Å². The van der Waals surface area contributed by atoms with Crippen molar-refractivity contribution >= 4 is 101 Å². The largest absolute Gasteiger partial charge is 0.508 e. The number of amides is 15. The molecule has 1 aromatic heterocycles. The molecular formula is C67H108N20O21. The number of hydrogen-bond donors (Lipinski definition) is 23. The molecule has 0 aliphatic rings. The zero-order valence-electron chi connectivity index (χ0n) is 61.4. The first kappa shape index (κ1) is 93.1. The van der Waals surface area contributed by atoms with E-state index in [0.29, 0.717) is 24.8 Å². The monoisotopic (exact) mass is 1530 g/mol. The van der Waals surface area contributed by atoms with Crippen LogP contribution in [0.2, 0.25) is 0 Å². The summed E-state index contributed by atoms with van der Waals surface area (Å²) in [7, 11) is 0. The van der Waals surface area contributed by atoms with Crippen LogP contribution >= 0.6 is 0 Å². The van der Waals surface area contributed by atoms with Gasteiger partial charge in [-0.2, -0.15) is 0 Å². The van der Waals surface area contributed by atoms with E-state index < -0.39 is 230 Å². The molecule has 1 aromatic carbocycles. The van der Waals surface area contributed by atoms with Crippen molar-refractivity contribution < 1.29 is 102 Å². The molecule has 0 spiro atoms. The summed E-state index contributed by atoms with van der Waals surface area (Å²) in [4.78, 5) is 234. The van der Waals surface area contributed by atoms with Gasteiger partial charge >= 0.3 is 11.9 Å². The molecule has 2 rings (SSSR count). The van der Waals surface area contributed by atoms with Crippen LogP contribution in [0.4, 0.5) is 0 Å². The third-order valence-electron chi connectivity index (χ3n) is 16.8. The van der Waals surface area contributed by atoms with Gasteiger partial charge in [0.15, 0.2) is 0 Å². The lowest BCUT2D eigenvalue weighted by Crippen LogP contribution is -2.61. The summed E-state index contributed by atoms with van der Waals surface area (Å²) in [6, 6.07) is -13.6. The number of phenolic OH excluding ortho intramolecular Hbond substituents is 1. The van der Waals surface area contributed by atoms with Gasteiger partial charge in [-0.1, -0.05) is 60.1 Å².